The van der Waals surface area contributed by atoms with E-state index in [0.29, 0.717) is 0 Å². The van der Waals surface area contributed by atoms with Gasteiger partial charge >= 0.3 is 6.18 Å². The summed E-state index contributed by atoms with van der Waals surface area (Å²) in [6.45, 7) is 3.46. The van der Waals surface area contributed by atoms with Crippen LogP contribution in [-0.4, -0.2) is 43.3 Å². The summed E-state index contributed by atoms with van der Waals surface area (Å²) in [6, 6.07) is 12.1. The maximum atomic E-state index is 12.5. The fraction of sp³-hybridized carbons (Fsp3) is 0.455. The molecule has 0 aliphatic heterocycles. The number of fused-ring (bicyclic) bond motifs is 1. The Labute approximate surface area is 174 Å². The summed E-state index contributed by atoms with van der Waals surface area (Å²) in [5, 5.41) is 7.42. The Morgan fingerprint density at radius 2 is 1.67 bits per heavy atom. The molecule has 0 bridgehead atoms. The third kappa shape index (κ3) is 7.67. The molecule has 164 valence electrons. The molecule has 2 atom stereocenters. The molecule has 0 saturated heterocycles. The molecule has 2 rings (SSSR count). The number of amides is 2. The number of carbonyl (C=O) groups is 2. The van der Waals surface area contributed by atoms with Crippen LogP contribution in [0.1, 0.15) is 26.3 Å². The molecule has 0 heterocycles. The van der Waals surface area contributed by atoms with E-state index in [-0.39, 0.29) is 24.9 Å². The fourth-order valence-corrected chi connectivity index (χ4v) is 3.02. The molecule has 2 amide bonds. The summed E-state index contributed by atoms with van der Waals surface area (Å²) >= 11 is 0. The molecular formula is C22H27F3N2O3. The van der Waals surface area contributed by atoms with Crippen LogP contribution in [-0.2, 0) is 20.7 Å². The Morgan fingerprint density at radius 1 is 1.00 bits per heavy atom. The molecule has 0 spiro atoms. The maximum Gasteiger partial charge on any atom is 0.411 e. The van der Waals surface area contributed by atoms with Crippen molar-refractivity contribution in [3.63, 3.8) is 0 Å². The van der Waals surface area contributed by atoms with Crippen molar-refractivity contribution in [2.45, 2.75) is 45.5 Å². The molecule has 30 heavy (non-hydrogen) atoms. The molecule has 0 saturated carbocycles. The van der Waals surface area contributed by atoms with Crippen molar-refractivity contribution in [1.82, 2.24) is 10.6 Å². The Morgan fingerprint density at radius 3 is 2.30 bits per heavy atom. The SMILES string of the molecule is CC(COCC(F)(F)F)NC(=O)C(NC(=O)Cc1ccc2ccccc2c1)C(C)C. The van der Waals surface area contributed by atoms with Gasteiger partial charge in [0.15, 0.2) is 0 Å². The van der Waals surface area contributed by atoms with Crippen molar-refractivity contribution in [3.8, 4) is 0 Å². The summed E-state index contributed by atoms with van der Waals surface area (Å²) in [6.07, 6.45) is -4.30. The molecule has 2 N–H and O–H groups in total. The first-order valence-corrected chi connectivity index (χ1v) is 9.77. The van der Waals surface area contributed by atoms with Gasteiger partial charge in [0.05, 0.1) is 13.0 Å². The van der Waals surface area contributed by atoms with Crippen LogP contribution in [0.5, 0.6) is 0 Å². The van der Waals surface area contributed by atoms with Crippen molar-refractivity contribution in [2.75, 3.05) is 13.2 Å². The standard InChI is InChI=1S/C22H27F3N2O3/c1-14(2)20(21(29)26-15(3)12-30-13-22(23,24)25)27-19(28)11-16-8-9-17-6-4-5-7-18(17)10-16/h4-10,14-15,20H,11-13H2,1-3H3,(H,26,29)(H,27,28). The quantitative estimate of drug-likeness (QED) is 0.646. The van der Waals surface area contributed by atoms with Crippen molar-refractivity contribution >= 4 is 22.6 Å². The monoisotopic (exact) mass is 424 g/mol. The summed E-state index contributed by atoms with van der Waals surface area (Å²) in [4.78, 5) is 25.0. The number of halogens is 3. The van der Waals surface area contributed by atoms with Gasteiger partial charge in [-0.2, -0.15) is 13.2 Å². The van der Waals surface area contributed by atoms with Gasteiger partial charge in [0.1, 0.15) is 12.6 Å². The van der Waals surface area contributed by atoms with Crippen LogP contribution in [0, 0.1) is 5.92 Å². The molecule has 0 aliphatic carbocycles. The molecule has 0 radical (unpaired) electrons. The average molecular weight is 424 g/mol. The summed E-state index contributed by atoms with van der Waals surface area (Å²) < 4.78 is 41.0. The van der Waals surface area contributed by atoms with E-state index >= 15 is 0 Å². The lowest BCUT2D eigenvalue weighted by Crippen LogP contribution is -2.52. The number of alkyl halides is 3. The van der Waals surface area contributed by atoms with E-state index in [0.717, 1.165) is 16.3 Å². The van der Waals surface area contributed by atoms with Crippen LogP contribution < -0.4 is 10.6 Å². The third-order valence-electron chi connectivity index (χ3n) is 4.47. The van der Waals surface area contributed by atoms with Gasteiger partial charge in [-0.25, -0.2) is 0 Å². The van der Waals surface area contributed by atoms with Crippen molar-refractivity contribution in [3.05, 3.63) is 48.0 Å². The van der Waals surface area contributed by atoms with E-state index < -0.39 is 30.8 Å². The normalized spacial score (nSPS) is 13.8. The third-order valence-corrected chi connectivity index (χ3v) is 4.47. The Kier molecular flexibility index (Phi) is 8.23. The minimum absolute atomic E-state index is 0.117. The van der Waals surface area contributed by atoms with Gasteiger partial charge in [-0.1, -0.05) is 56.3 Å². The molecular weight excluding hydrogens is 397 g/mol. The lowest BCUT2D eigenvalue weighted by molar-refractivity contribution is -0.175. The number of hydrogen-bond donors (Lipinski definition) is 2. The molecule has 5 nitrogen and oxygen atoms in total. The molecule has 2 unspecified atom stereocenters. The van der Waals surface area contributed by atoms with E-state index in [4.69, 9.17) is 0 Å². The number of ether oxygens (including phenoxy) is 1. The highest BCUT2D eigenvalue weighted by molar-refractivity contribution is 5.89. The van der Waals surface area contributed by atoms with Gasteiger partial charge in [-0.15, -0.1) is 0 Å². The smallest absolute Gasteiger partial charge is 0.370 e. The molecule has 0 aromatic heterocycles. The van der Waals surface area contributed by atoms with E-state index in [1.54, 1.807) is 20.8 Å². The minimum atomic E-state index is -4.42. The van der Waals surface area contributed by atoms with Gasteiger partial charge in [0.25, 0.3) is 0 Å². The number of nitrogens with one attached hydrogen (secondary N) is 2. The molecule has 2 aromatic rings. The van der Waals surface area contributed by atoms with E-state index in [1.807, 2.05) is 42.5 Å². The topological polar surface area (TPSA) is 67.4 Å². The fourth-order valence-electron chi connectivity index (χ4n) is 3.02. The zero-order chi connectivity index (χ0) is 22.3. The second-order valence-electron chi connectivity index (χ2n) is 7.69. The van der Waals surface area contributed by atoms with Crippen LogP contribution in [0.2, 0.25) is 0 Å². The minimum Gasteiger partial charge on any atom is -0.370 e. The number of rotatable bonds is 9. The number of benzene rings is 2. The Hall–Kier alpha value is -2.61. The number of hydrogen-bond acceptors (Lipinski definition) is 3. The molecule has 0 fully saturated rings. The van der Waals surface area contributed by atoms with Crippen LogP contribution in [0.15, 0.2) is 42.5 Å². The predicted octanol–water partition coefficient (Wildman–Crippen LogP) is 3.61. The largest absolute Gasteiger partial charge is 0.411 e. The van der Waals surface area contributed by atoms with Crippen molar-refractivity contribution in [2.24, 2.45) is 5.92 Å². The van der Waals surface area contributed by atoms with E-state index in [1.165, 1.54) is 0 Å². The highest BCUT2D eigenvalue weighted by Gasteiger charge is 2.29. The van der Waals surface area contributed by atoms with Gasteiger partial charge in [-0.05, 0) is 29.2 Å². The summed E-state index contributed by atoms with van der Waals surface area (Å²) in [7, 11) is 0. The predicted molar refractivity (Wildman–Crippen MR) is 109 cm³/mol. The van der Waals surface area contributed by atoms with E-state index in [9.17, 15) is 22.8 Å². The van der Waals surface area contributed by atoms with Gasteiger partial charge in [0.2, 0.25) is 11.8 Å². The van der Waals surface area contributed by atoms with Crippen LogP contribution in [0.4, 0.5) is 13.2 Å². The maximum absolute atomic E-state index is 12.5. The first-order chi connectivity index (χ1) is 14.0. The zero-order valence-electron chi connectivity index (χ0n) is 17.3. The highest BCUT2D eigenvalue weighted by atomic mass is 19.4. The summed E-state index contributed by atoms with van der Waals surface area (Å²) in [5.74, 6) is -0.964. The lowest BCUT2D eigenvalue weighted by atomic mass is 10.0. The van der Waals surface area contributed by atoms with Gasteiger partial charge < -0.3 is 15.4 Å². The molecule has 2 aromatic carbocycles. The lowest BCUT2D eigenvalue weighted by Gasteiger charge is -2.24. The molecule has 8 heteroatoms. The van der Waals surface area contributed by atoms with Gasteiger partial charge in [0, 0.05) is 6.04 Å². The van der Waals surface area contributed by atoms with Crippen LogP contribution in [0.3, 0.4) is 0 Å². The second-order valence-corrected chi connectivity index (χ2v) is 7.69. The summed E-state index contributed by atoms with van der Waals surface area (Å²) in [5.41, 5.74) is 0.822. The van der Waals surface area contributed by atoms with Crippen LogP contribution in [0.25, 0.3) is 10.8 Å². The van der Waals surface area contributed by atoms with Crippen LogP contribution >= 0.6 is 0 Å². The Bertz CT molecular complexity index is 868. The first-order valence-electron chi connectivity index (χ1n) is 9.77. The van der Waals surface area contributed by atoms with E-state index in [2.05, 4.69) is 15.4 Å². The molecule has 0 aliphatic rings. The highest BCUT2D eigenvalue weighted by Crippen LogP contribution is 2.16. The second kappa shape index (κ2) is 10.4. The Balaban J connectivity index is 1.91. The van der Waals surface area contributed by atoms with Crippen molar-refractivity contribution < 1.29 is 27.5 Å². The number of carbonyl (C=O) groups excluding carboxylic acids is 2. The zero-order valence-corrected chi connectivity index (χ0v) is 17.3. The van der Waals surface area contributed by atoms with Crippen molar-refractivity contribution in [1.29, 1.82) is 0 Å². The van der Waals surface area contributed by atoms with Gasteiger partial charge in [-0.3, -0.25) is 9.59 Å². The first kappa shape index (κ1) is 23.7. The average Bonchev–Trinajstić information content (AvgIpc) is 2.64.